The van der Waals surface area contributed by atoms with Crippen molar-refractivity contribution in [3.05, 3.63) is 30.7 Å². The van der Waals surface area contributed by atoms with E-state index >= 15 is 0 Å². The summed E-state index contributed by atoms with van der Waals surface area (Å²) in [6, 6.07) is 0. The molecular weight excluding hydrogens is 321 g/mol. The van der Waals surface area contributed by atoms with E-state index in [1.54, 1.807) is 0 Å². The molecule has 0 fully saturated rings. The highest BCUT2D eigenvalue weighted by molar-refractivity contribution is 14.1. The van der Waals surface area contributed by atoms with Crippen molar-refractivity contribution in [2.45, 2.75) is 6.18 Å². The fourth-order valence-corrected chi connectivity index (χ4v) is 1.41. The lowest BCUT2D eigenvalue weighted by molar-refractivity contribution is -0.138. The second kappa shape index (κ2) is 3.49. The molecule has 0 spiro atoms. The van der Waals surface area contributed by atoms with Crippen molar-refractivity contribution >= 4 is 34.2 Å². The Morgan fingerprint density at radius 3 is 2.38 bits per heavy atom. The first-order valence-corrected chi connectivity index (χ1v) is 4.43. The molecule has 1 N–H and O–H groups in total. The average Bonchev–Trinajstić information content (AvgIpc) is 1.95. The zero-order chi connectivity index (χ0) is 10.2. The molecule has 0 saturated heterocycles. The van der Waals surface area contributed by atoms with E-state index in [0.29, 0.717) is 0 Å². The van der Waals surface area contributed by atoms with Crippen LogP contribution in [0, 0.1) is 3.57 Å². The van der Waals surface area contributed by atoms with Gasteiger partial charge in [0.05, 0.1) is 3.57 Å². The predicted octanol–water partition coefficient (Wildman–Crippen LogP) is 2.65. The van der Waals surface area contributed by atoms with Crippen molar-refractivity contribution in [3.63, 3.8) is 0 Å². The van der Waals surface area contributed by atoms with Crippen molar-refractivity contribution in [2.24, 2.45) is 0 Å². The quantitative estimate of drug-likeness (QED) is 0.578. The maximum absolute atomic E-state index is 12.2. The monoisotopic (exact) mass is 323 g/mol. The molecule has 0 aliphatic carbocycles. The molecule has 13 heavy (non-hydrogen) atoms. The van der Waals surface area contributed by atoms with Gasteiger partial charge in [-0.05, 0) is 22.6 Å². The third-order valence-electron chi connectivity index (χ3n) is 1.27. The highest BCUT2D eigenvalue weighted by atomic mass is 127. The van der Waals surface area contributed by atoms with Crippen LogP contribution in [0.5, 0.6) is 0 Å². The number of hydrogen-bond donors (Lipinski definition) is 1. The number of aromatic nitrogens is 1. The van der Waals surface area contributed by atoms with E-state index in [4.69, 9.17) is 11.6 Å². The Bertz CT molecular complexity index is 386. The molecule has 0 aliphatic rings. The Hall–Kier alpha value is -0.240. The summed E-state index contributed by atoms with van der Waals surface area (Å²) in [5.74, 6) is 0. The van der Waals surface area contributed by atoms with Crippen molar-refractivity contribution < 1.29 is 13.2 Å². The second-order valence-corrected chi connectivity index (χ2v) is 3.69. The molecule has 1 rings (SSSR count). The van der Waals surface area contributed by atoms with Crippen molar-refractivity contribution in [1.29, 1.82) is 0 Å². The number of aromatic amines is 1. The summed E-state index contributed by atoms with van der Waals surface area (Å²) >= 11 is 6.71. The van der Waals surface area contributed by atoms with Crippen LogP contribution in [0.3, 0.4) is 0 Å². The molecule has 1 aromatic rings. The molecule has 0 bridgehead atoms. The van der Waals surface area contributed by atoms with E-state index in [9.17, 15) is 18.0 Å². The van der Waals surface area contributed by atoms with E-state index in [1.807, 2.05) is 0 Å². The van der Waals surface area contributed by atoms with E-state index in [1.165, 1.54) is 22.6 Å². The molecule has 72 valence electrons. The van der Waals surface area contributed by atoms with E-state index < -0.39 is 22.3 Å². The summed E-state index contributed by atoms with van der Waals surface area (Å²) in [5, 5.41) is -0.682. The van der Waals surface area contributed by atoms with E-state index in [2.05, 4.69) is 4.98 Å². The lowest BCUT2D eigenvalue weighted by Crippen LogP contribution is -2.22. The minimum Gasteiger partial charge on any atom is -0.351 e. The van der Waals surface area contributed by atoms with Crippen LogP contribution in [0.1, 0.15) is 5.56 Å². The highest BCUT2D eigenvalue weighted by Gasteiger charge is 2.37. The van der Waals surface area contributed by atoms with Crippen molar-refractivity contribution in [3.8, 4) is 0 Å². The van der Waals surface area contributed by atoms with Gasteiger partial charge in [0.25, 0.3) is 0 Å². The molecule has 1 heterocycles. The molecule has 0 amide bonds. The Balaban J connectivity index is 3.53. The number of nitrogens with one attached hydrogen (secondary N) is 1. The Morgan fingerprint density at radius 1 is 1.46 bits per heavy atom. The maximum Gasteiger partial charge on any atom is 0.423 e. The first-order valence-electron chi connectivity index (χ1n) is 2.98. The average molecular weight is 323 g/mol. The third kappa shape index (κ3) is 2.16. The minimum atomic E-state index is -4.72. The molecule has 0 radical (unpaired) electrons. The number of rotatable bonds is 0. The van der Waals surface area contributed by atoms with Gasteiger partial charge in [-0.25, -0.2) is 0 Å². The standard InChI is InChI=1S/C6H2ClF3INO/c7-5-3(6(8,9)10)4(13)2(11)1-12-5/h1H,(H,12,13). The SMILES string of the molecule is O=c1c(I)c[nH]c(Cl)c1C(F)(F)F. The molecule has 0 aromatic carbocycles. The zero-order valence-corrected chi connectivity index (χ0v) is 8.79. The molecule has 0 aliphatic heterocycles. The van der Waals surface area contributed by atoms with Gasteiger partial charge in [-0.3, -0.25) is 4.79 Å². The van der Waals surface area contributed by atoms with E-state index in [0.717, 1.165) is 6.20 Å². The van der Waals surface area contributed by atoms with Gasteiger partial charge in [-0.15, -0.1) is 0 Å². The number of hydrogen-bond acceptors (Lipinski definition) is 1. The summed E-state index contributed by atoms with van der Waals surface area (Å²) in [5.41, 5.74) is -2.45. The first kappa shape index (κ1) is 10.8. The van der Waals surface area contributed by atoms with Crippen LogP contribution >= 0.6 is 34.2 Å². The largest absolute Gasteiger partial charge is 0.423 e. The second-order valence-electron chi connectivity index (χ2n) is 2.15. The van der Waals surface area contributed by atoms with Gasteiger partial charge < -0.3 is 4.98 Å². The van der Waals surface area contributed by atoms with Crippen LogP contribution in [-0.2, 0) is 6.18 Å². The summed E-state index contributed by atoms with van der Waals surface area (Å²) in [6.45, 7) is 0. The van der Waals surface area contributed by atoms with Gasteiger partial charge in [0.15, 0.2) is 0 Å². The van der Waals surface area contributed by atoms with Crippen molar-refractivity contribution in [1.82, 2.24) is 4.98 Å². The summed E-state index contributed by atoms with van der Waals surface area (Å²) in [7, 11) is 0. The lowest BCUT2D eigenvalue weighted by Gasteiger charge is -2.07. The molecule has 1 aromatic heterocycles. The highest BCUT2D eigenvalue weighted by Crippen LogP contribution is 2.31. The molecule has 0 saturated carbocycles. The third-order valence-corrected chi connectivity index (χ3v) is 2.37. The maximum atomic E-state index is 12.2. The number of pyridine rings is 1. The molecule has 7 heteroatoms. The van der Waals surface area contributed by atoms with Gasteiger partial charge in [0, 0.05) is 6.20 Å². The number of halogens is 5. The molecule has 0 atom stereocenters. The van der Waals surface area contributed by atoms with Crippen LogP contribution in [0.15, 0.2) is 11.0 Å². The van der Waals surface area contributed by atoms with Crippen LogP contribution in [0.4, 0.5) is 13.2 Å². The van der Waals surface area contributed by atoms with Gasteiger partial charge in [0.1, 0.15) is 10.7 Å². The van der Waals surface area contributed by atoms with Crippen LogP contribution in [0.2, 0.25) is 5.15 Å². The summed E-state index contributed by atoms with van der Waals surface area (Å²) < 4.78 is 36.5. The van der Waals surface area contributed by atoms with Crippen LogP contribution in [-0.4, -0.2) is 4.98 Å². The molecule has 2 nitrogen and oxygen atoms in total. The Labute approximate surface area is 89.2 Å². The zero-order valence-electron chi connectivity index (χ0n) is 5.88. The van der Waals surface area contributed by atoms with Gasteiger partial charge in [-0.2, -0.15) is 13.2 Å². The smallest absolute Gasteiger partial charge is 0.351 e. The fourth-order valence-electron chi connectivity index (χ4n) is 0.737. The normalized spacial score (nSPS) is 11.8. The summed E-state index contributed by atoms with van der Waals surface area (Å²) in [6.07, 6.45) is -3.59. The van der Waals surface area contributed by atoms with Crippen LogP contribution in [0.25, 0.3) is 0 Å². The first-order chi connectivity index (χ1) is 5.84. The molecular formula is C6H2ClF3INO. The van der Waals surface area contributed by atoms with Gasteiger partial charge in [0.2, 0.25) is 5.43 Å². The van der Waals surface area contributed by atoms with Gasteiger partial charge in [-0.1, -0.05) is 11.6 Å². The Kier molecular flexibility index (Phi) is 2.91. The molecule has 0 unspecified atom stereocenters. The van der Waals surface area contributed by atoms with Crippen LogP contribution < -0.4 is 5.43 Å². The fraction of sp³-hybridized carbons (Fsp3) is 0.167. The van der Waals surface area contributed by atoms with Gasteiger partial charge >= 0.3 is 6.18 Å². The lowest BCUT2D eigenvalue weighted by atomic mass is 10.3. The minimum absolute atomic E-state index is 0.0469. The van der Waals surface area contributed by atoms with Crippen molar-refractivity contribution in [2.75, 3.05) is 0 Å². The van der Waals surface area contributed by atoms with E-state index in [-0.39, 0.29) is 3.57 Å². The number of alkyl halides is 3. The number of H-pyrrole nitrogens is 1. The summed E-state index contributed by atoms with van der Waals surface area (Å²) in [4.78, 5) is 13.2. The Morgan fingerprint density at radius 2 is 2.00 bits per heavy atom. The topological polar surface area (TPSA) is 32.9 Å². The predicted molar refractivity (Wildman–Crippen MR) is 49.8 cm³/mol.